The zero-order chi connectivity index (χ0) is 13.1. The number of carbonyl (C=O) groups is 1. The zero-order valence-corrected chi connectivity index (χ0v) is 10.4. The number of carboxylic acid groups (broad SMARTS) is 1. The summed E-state index contributed by atoms with van der Waals surface area (Å²) in [5.74, 6) is -0.0950. The number of carboxylic acids is 1. The Morgan fingerprint density at radius 2 is 2.22 bits per heavy atom. The molecule has 18 heavy (non-hydrogen) atoms. The van der Waals surface area contributed by atoms with Gasteiger partial charge in [-0.1, -0.05) is 12.1 Å². The average Bonchev–Trinajstić information content (AvgIpc) is 2.36. The van der Waals surface area contributed by atoms with Crippen molar-refractivity contribution in [2.24, 2.45) is 0 Å². The number of ether oxygens (including phenoxy) is 1. The predicted molar refractivity (Wildman–Crippen MR) is 69.0 cm³/mol. The summed E-state index contributed by atoms with van der Waals surface area (Å²) in [6.07, 6.45) is 0.525. The van der Waals surface area contributed by atoms with Gasteiger partial charge in [-0.25, -0.2) is 4.98 Å². The number of methoxy groups -OCH3 is 1. The molecule has 1 heterocycles. The Bertz CT molecular complexity index is 593. The van der Waals surface area contributed by atoms with Crippen LogP contribution in [0.1, 0.15) is 17.7 Å². The average molecular weight is 245 g/mol. The second-order valence-corrected chi connectivity index (χ2v) is 4.18. The molecule has 0 amide bonds. The minimum Gasteiger partial charge on any atom is -0.494 e. The quantitative estimate of drug-likeness (QED) is 0.899. The van der Waals surface area contributed by atoms with Crippen LogP contribution >= 0.6 is 0 Å². The van der Waals surface area contributed by atoms with Crippen LogP contribution in [0.5, 0.6) is 5.75 Å². The summed E-state index contributed by atoms with van der Waals surface area (Å²) < 4.78 is 5.28. The fraction of sp³-hybridized carbons (Fsp3) is 0.286. The Kier molecular flexibility index (Phi) is 3.46. The van der Waals surface area contributed by atoms with Crippen molar-refractivity contribution in [2.75, 3.05) is 7.11 Å². The molecule has 0 spiro atoms. The Hall–Kier alpha value is -2.10. The first-order valence-electron chi connectivity index (χ1n) is 5.77. The van der Waals surface area contributed by atoms with Gasteiger partial charge in [0.2, 0.25) is 0 Å². The molecule has 0 saturated heterocycles. The number of aromatic nitrogens is 1. The van der Waals surface area contributed by atoms with E-state index in [2.05, 4.69) is 4.98 Å². The summed E-state index contributed by atoms with van der Waals surface area (Å²) in [7, 11) is 1.61. The van der Waals surface area contributed by atoms with Crippen LogP contribution in [-0.2, 0) is 11.2 Å². The van der Waals surface area contributed by atoms with Gasteiger partial charge in [-0.2, -0.15) is 0 Å². The van der Waals surface area contributed by atoms with Crippen molar-refractivity contribution in [1.29, 1.82) is 0 Å². The van der Waals surface area contributed by atoms with Crippen molar-refractivity contribution >= 4 is 16.9 Å². The Labute approximate surface area is 105 Å². The minimum absolute atomic E-state index is 0.0904. The molecule has 1 aromatic carbocycles. The van der Waals surface area contributed by atoms with Crippen molar-refractivity contribution in [3.63, 3.8) is 0 Å². The van der Waals surface area contributed by atoms with Gasteiger partial charge >= 0.3 is 5.97 Å². The maximum atomic E-state index is 10.6. The third kappa shape index (κ3) is 2.42. The van der Waals surface area contributed by atoms with Crippen LogP contribution in [0, 0.1) is 6.92 Å². The van der Waals surface area contributed by atoms with Crippen molar-refractivity contribution < 1.29 is 14.6 Å². The van der Waals surface area contributed by atoms with E-state index < -0.39 is 5.97 Å². The smallest absolute Gasteiger partial charge is 0.303 e. The molecule has 0 saturated carbocycles. The number of fused-ring (bicyclic) bond motifs is 1. The van der Waals surface area contributed by atoms with Gasteiger partial charge in [0.15, 0.2) is 0 Å². The van der Waals surface area contributed by atoms with Crippen LogP contribution in [0.2, 0.25) is 0 Å². The van der Waals surface area contributed by atoms with Crippen molar-refractivity contribution in [3.8, 4) is 5.75 Å². The lowest BCUT2D eigenvalue weighted by molar-refractivity contribution is -0.136. The molecule has 4 heteroatoms. The van der Waals surface area contributed by atoms with Crippen LogP contribution in [0.25, 0.3) is 10.9 Å². The number of rotatable bonds is 4. The molecule has 2 aromatic rings. The Morgan fingerprint density at radius 1 is 1.44 bits per heavy atom. The molecule has 4 nitrogen and oxygen atoms in total. The fourth-order valence-corrected chi connectivity index (χ4v) is 1.99. The summed E-state index contributed by atoms with van der Waals surface area (Å²) in [6.45, 7) is 1.99. The van der Waals surface area contributed by atoms with Crippen molar-refractivity contribution in [3.05, 3.63) is 35.5 Å². The zero-order valence-electron chi connectivity index (χ0n) is 10.4. The van der Waals surface area contributed by atoms with Gasteiger partial charge in [0.1, 0.15) is 11.3 Å². The first-order chi connectivity index (χ1) is 8.61. The molecule has 0 fully saturated rings. The monoisotopic (exact) mass is 245 g/mol. The highest BCUT2D eigenvalue weighted by Crippen LogP contribution is 2.26. The van der Waals surface area contributed by atoms with Gasteiger partial charge in [0.05, 0.1) is 13.5 Å². The SMILES string of the molecule is COc1cccc2c(C)cc(CCC(=O)O)nc12. The molecular formula is C14H15NO3. The van der Waals surface area contributed by atoms with E-state index >= 15 is 0 Å². The van der Waals surface area contributed by atoms with E-state index in [1.807, 2.05) is 31.2 Å². The van der Waals surface area contributed by atoms with Gasteiger partial charge < -0.3 is 9.84 Å². The van der Waals surface area contributed by atoms with Gasteiger partial charge in [-0.3, -0.25) is 4.79 Å². The molecule has 94 valence electrons. The maximum Gasteiger partial charge on any atom is 0.303 e. The molecule has 0 aliphatic carbocycles. The summed E-state index contributed by atoms with van der Waals surface area (Å²) in [5.41, 5.74) is 2.66. The maximum absolute atomic E-state index is 10.6. The van der Waals surface area contributed by atoms with Crippen LogP contribution < -0.4 is 4.74 Å². The number of hydrogen-bond acceptors (Lipinski definition) is 3. The molecule has 0 radical (unpaired) electrons. The number of aliphatic carboxylic acids is 1. The topological polar surface area (TPSA) is 59.4 Å². The van der Waals surface area contributed by atoms with Crippen molar-refractivity contribution in [2.45, 2.75) is 19.8 Å². The minimum atomic E-state index is -0.811. The lowest BCUT2D eigenvalue weighted by Gasteiger charge is -2.09. The van der Waals surface area contributed by atoms with Gasteiger partial charge in [-0.05, 0) is 24.6 Å². The predicted octanol–water partition coefficient (Wildman–Crippen LogP) is 2.57. The second-order valence-electron chi connectivity index (χ2n) is 4.18. The fourth-order valence-electron chi connectivity index (χ4n) is 1.99. The van der Waals surface area contributed by atoms with Gasteiger partial charge in [0.25, 0.3) is 0 Å². The Morgan fingerprint density at radius 3 is 2.89 bits per heavy atom. The molecule has 0 unspecified atom stereocenters. The molecule has 0 aliphatic heterocycles. The molecule has 0 atom stereocenters. The molecule has 0 bridgehead atoms. The molecule has 1 N–H and O–H groups in total. The van der Waals surface area contributed by atoms with E-state index in [1.165, 1.54) is 0 Å². The second kappa shape index (κ2) is 5.04. The lowest BCUT2D eigenvalue weighted by atomic mass is 10.1. The van der Waals surface area contributed by atoms with E-state index in [1.54, 1.807) is 7.11 Å². The van der Waals surface area contributed by atoms with Crippen LogP contribution in [-0.4, -0.2) is 23.2 Å². The third-order valence-electron chi connectivity index (χ3n) is 2.88. The molecule has 1 aromatic heterocycles. The van der Waals surface area contributed by atoms with E-state index in [0.717, 1.165) is 22.2 Å². The van der Waals surface area contributed by atoms with E-state index in [0.29, 0.717) is 12.2 Å². The van der Waals surface area contributed by atoms with Crippen LogP contribution in [0.3, 0.4) is 0 Å². The highest BCUT2D eigenvalue weighted by atomic mass is 16.5. The number of para-hydroxylation sites is 1. The first-order valence-corrected chi connectivity index (χ1v) is 5.77. The number of pyridine rings is 1. The summed E-state index contributed by atoms with van der Waals surface area (Å²) in [4.78, 5) is 15.1. The number of benzene rings is 1. The normalized spacial score (nSPS) is 10.6. The summed E-state index contributed by atoms with van der Waals surface area (Å²) in [5, 5.41) is 9.74. The highest BCUT2D eigenvalue weighted by molar-refractivity contribution is 5.87. The highest BCUT2D eigenvalue weighted by Gasteiger charge is 2.08. The number of nitrogens with zero attached hydrogens (tertiary/aromatic N) is 1. The van der Waals surface area contributed by atoms with Crippen LogP contribution in [0.15, 0.2) is 24.3 Å². The van der Waals surface area contributed by atoms with E-state index in [-0.39, 0.29) is 6.42 Å². The standard InChI is InChI=1S/C14H15NO3/c1-9-8-10(6-7-13(16)17)15-14-11(9)4-3-5-12(14)18-2/h3-5,8H,6-7H2,1-2H3,(H,16,17). The molecular weight excluding hydrogens is 230 g/mol. The molecule has 2 rings (SSSR count). The third-order valence-corrected chi connectivity index (χ3v) is 2.88. The van der Waals surface area contributed by atoms with Gasteiger partial charge in [-0.15, -0.1) is 0 Å². The van der Waals surface area contributed by atoms with Crippen molar-refractivity contribution in [1.82, 2.24) is 4.98 Å². The molecule has 0 aliphatic rings. The largest absolute Gasteiger partial charge is 0.494 e. The van der Waals surface area contributed by atoms with E-state index in [4.69, 9.17) is 9.84 Å². The first kappa shape index (κ1) is 12.4. The Balaban J connectivity index is 2.49. The van der Waals surface area contributed by atoms with Crippen LogP contribution in [0.4, 0.5) is 0 Å². The number of hydrogen-bond donors (Lipinski definition) is 1. The lowest BCUT2D eigenvalue weighted by Crippen LogP contribution is -2.00. The van der Waals surface area contributed by atoms with Gasteiger partial charge in [0, 0.05) is 17.5 Å². The van der Waals surface area contributed by atoms with E-state index in [9.17, 15) is 4.79 Å². The number of aryl methyl sites for hydroxylation is 2. The summed E-state index contributed by atoms with van der Waals surface area (Å²) >= 11 is 0. The summed E-state index contributed by atoms with van der Waals surface area (Å²) in [6, 6.07) is 7.70.